The molecule has 5 rings (SSSR count). The Labute approximate surface area is 193 Å². The molecule has 1 atom stereocenters. The molecule has 1 aliphatic heterocycles. The fourth-order valence-electron chi connectivity index (χ4n) is 4.96. The molecule has 8 nitrogen and oxygen atoms in total. The Balaban J connectivity index is 1.46. The van der Waals surface area contributed by atoms with Crippen molar-refractivity contribution in [1.29, 1.82) is 0 Å². The second-order valence-corrected chi connectivity index (χ2v) is 9.68. The summed E-state index contributed by atoms with van der Waals surface area (Å²) in [6.07, 6.45) is 7.22. The molecule has 0 fully saturated rings. The standard InChI is InChI=1S/C25H31N3O5/c1-4-11-31-22(29)25(19-13-20(33-28-19)24(2,3)30)14-26-23(32-25)27-21-17-9-5-7-15(17)12-16-8-6-10-18(16)21/h12-13,30H,4-11,14H2,1-3H3,(H,26,27). The molecule has 176 valence electrons. The fourth-order valence-corrected chi connectivity index (χ4v) is 4.96. The van der Waals surface area contributed by atoms with Crippen molar-refractivity contribution in [2.24, 2.45) is 4.99 Å². The van der Waals surface area contributed by atoms with E-state index < -0.39 is 17.2 Å². The van der Waals surface area contributed by atoms with Crippen molar-refractivity contribution in [3.05, 3.63) is 45.8 Å². The van der Waals surface area contributed by atoms with E-state index in [1.807, 2.05) is 6.92 Å². The lowest BCUT2D eigenvalue weighted by atomic mass is 9.97. The largest absolute Gasteiger partial charge is 0.462 e. The first-order valence-corrected chi connectivity index (χ1v) is 11.9. The van der Waals surface area contributed by atoms with Crippen LogP contribution in [0.5, 0.6) is 0 Å². The molecule has 8 heteroatoms. The van der Waals surface area contributed by atoms with E-state index >= 15 is 0 Å². The summed E-state index contributed by atoms with van der Waals surface area (Å²) in [6, 6.07) is 4.20. The summed E-state index contributed by atoms with van der Waals surface area (Å²) < 4.78 is 17.0. The zero-order valence-corrected chi connectivity index (χ0v) is 19.5. The number of aliphatic imine (C=N–C) groups is 1. The minimum Gasteiger partial charge on any atom is -0.462 e. The smallest absolute Gasteiger partial charge is 0.359 e. The average Bonchev–Trinajstić information content (AvgIpc) is 3.56. The highest BCUT2D eigenvalue weighted by molar-refractivity contribution is 5.96. The Bertz CT molecular complexity index is 1080. The molecule has 3 aliphatic rings. The third-order valence-corrected chi connectivity index (χ3v) is 6.72. The van der Waals surface area contributed by atoms with Gasteiger partial charge < -0.3 is 24.4 Å². The first-order valence-electron chi connectivity index (χ1n) is 11.9. The van der Waals surface area contributed by atoms with Crippen LogP contribution in [-0.2, 0) is 51.2 Å². The second kappa shape index (κ2) is 8.17. The van der Waals surface area contributed by atoms with Crippen LogP contribution >= 0.6 is 0 Å². The van der Waals surface area contributed by atoms with Crippen LogP contribution in [0.2, 0.25) is 0 Å². The van der Waals surface area contributed by atoms with Crippen LogP contribution in [0.4, 0.5) is 5.69 Å². The highest BCUT2D eigenvalue weighted by atomic mass is 16.6. The monoisotopic (exact) mass is 453 g/mol. The Hall–Kier alpha value is -2.87. The van der Waals surface area contributed by atoms with Crippen molar-refractivity contribution in [3.8, 4) is 0 Å². The van der Waals surface area contributed by atoms with Crippen LogP contribution in [0.15, 0.2) is 21.6 Å². The second-order valence-electron chi connectivity index (χ2n) is 9.68. The van der Waals surface area contributed by atoms with Gasteiger partial charge in [-0.1, -0.05) is 18.1 Å². The molecule has 0 saturated carbocycles. The number of ether oxygens (including phenoxy) is 2. The van der Waals surface area contributed by atoms with E-state index in [0.29, 0.717) is 6.42 Å². The summed E-state index contributed by atoms with van der Waals surface area (Å²) >= 11 is 0. The van der Waals surface area contributed by atoms with Gasteiger partial charge in [-0.3, -0.25) is 0 Å². The van der Waals surface area contributed by atoms with Crippen molar-refractivity contribution in [2.75, 3.05) is 18.5 Å². The van der Waals surface area contributed by atoms with Crippen molar-refractivity contribution in [2.45, 2.75) is 76.9 Å². The summed E-state index contributed by atoms with van der Waals surface area (Å²) in [7, 11) is 0. The topological polar surface area (TPSA) is 106 Å². The van der Waals surface area contributed by atoms with Crippen LogP contribution in [0.3, 0.4) is 0 Å². The molecular formula is C25H31N3O5. The summed E-state index contributed by atoms with van der Waals surface area (Å²) in [5.74, 6) is -0.326. The number of nitrogens with one attached hydrogen (secondary N) is 1. The Kier molecular flexibility index (Phi) is 5.43. The van der Waals surface area contributed by atoms with Crippen molar-refractivity contribution < 1.29 is 23.9 Å². The van der Waals surface area contributed by atoms with Gasteiger partial charge >= 0.3 is 5.97 Å². The van der Waals surface area contributed by atoms with Gasteiger partial charge in [0.25, 0.3) is 11.6 Å². The van der Waals surface area contributed by atoms with Crippen molar-refractivity contribution in [1.82, 2.24) is 5.16 Å². The number of esters is 1. The number of fused-ring (bicyclic) bond motifs is 2. The maximum atomic E-state index is 13.2. The van der Waals surface area contributed by atoms with E-state index in [1.165, 1.54) is 22.3 Å². The Morgan fingerprint density at radius 3 is 2.48 bits per heavy atom. The van der Waals surface area contributed by atoms with Gasteiger partial charge in [0.05, 0.1) is 6.61 Å². The molecule has 1 aromatic heterocycles. The first-order chi connectivity index (χ1) is 15.8. The number of rotatable bonds is 6. The molecule has 2 aliphatic carbocycles. The van der Waals surface area contributed by atoms with E-state index in [-0.39, 0.29) is 30.6 Å². The van der Waals surface area contributed by atoms with E-state index in [4.69, 9.17) is 14.0 Å². The van der Waals surface area contributed by atoms with Crippen molar-refractivity contribution in [3.63, 3.8) is 0 Å². The number of hydrogen-bond donors (Lipinski definition) is 2. The summed E-state index contributed by atoms with van der Waals surface area (Å²) in [5, 5.41) is 17.8. The number of aliphatic hydroxyl groups is 1. The molecule has 0 radical (unpaired) electrons. The number of carbonyl (C=O) groups excluding carboxylic acids is 1. The SMILES string of the molecule is CCCOC(=O)C1(c2cc(C(C)(C)O)on2)CN=C(Nc2c3c(cc4c2CCC4)CCC3)O1. The third kappa shape index (κ3) is 3.80. The first kappa shape index (κ1) is 21.9. The Morgan fingerprint density at radius 2 is 1.88 bits per heavy atom. The number of anilines is 1. The van der Waals surface area contributed by atoms with Gasteiger partial charge in [0.2, 0.25) is 0 Å². The van der Waals surface area contributed by atoms with Crippen LogP contribution in [0, 0.1) is 0 Å². The number of amidine groups is 1. The number of aryl methyl sites for hydroxylation is 2. The summed E-state index contributed by atoms with van der Waals surface area (Å²) in [4.78, 5) is 17.7. The highest BCUT2D eigenvalue weighted by Gasteiger charge is 2.52. The van der Waals surface area contributed by atoms with Gasteiger partial charge in [0, 0.05) is 11.8 Å². The average molecular weight is 454 g/mol. The van der Waals surface area contributed by atoms with Crippen molar-refractivity contribution >= 4 is 17.7 Å². The fraction of sp³-hybridized carbons (Fsp3) is 0.560. The molecule has 2 heterocycles. The summed E-state index contributed by atoms with van der Waals surface area (Å²) in [6.45, 7) is 5.40. The van der Waals surface area contributed by atoms with Gasteiger partial charge in [-0.2, -0.15) is 0 Å². The van der Waals surface area contributed by atoms with Gasteiger partial charge in [-0.15, -0.1) is 0 Å². The van der Waals surface area contributed by atoms with Gasteiger partial charge in [-0.25, -0.2) is 9.79 Å². The molecule has 2 N–H and O–H groups in total. The van der Waals surface area contributed by atoms with Gasteiger partial charge in [0.1, 0.15) is 17.8 Å². The van der Waals surface area contributed by atoms with E-state index in [0.717, 1.165) is 44.2 Å². The highest BCUT2D eigenvalue weighted by Crippen LogP contribution is 2.40. The number of hydrogen-bond acceptors (Lipinski definition) is 8. The van der Waals surface area contributed by atoms with Crippen LogP contribution in [-0.4, -0.2) is 35.4 Å². The van der Waals surface area contributed by atoms with Crippen LogP contribution < -0.4 is 5.32 Å². The molecule has 0 spiro atoms. The lowest BCUT2D eigenvalue weighted by Crippen LogP contribution is -2.42. The maximum absolute atomic E-state index is 13.2. The summed E-state index contributed by atoms with van der Waals surface area (Å²) in [5.41, 5.74) is 4.00. The lowest BCUT2D eigenvalue weighted by Gasteiger charge is -2.24. The van der Waals surface area contributed by atoms with E-state index in [9.17, 15) is 9.90 Å². The molecule has 0 bridgehead atoms. The molecule has 33 heavy (non-hydrogen) atoms. The minimum absolute atomic E-state index is 0.0208. The molecular weight excluding hydrogens is 422 g/mol. The molecule has 0 saturated heterocycles. The van der Waals surface area contributed by atoms with Crippen LogP contribution in [0.25, 0.3) is 0 Å². The number of benzene rings is 1. The predicted molar refractivity (Wildman–Crippen MR) is 122 cm³/mol. The number of nitrogens with zero attached hydrogens (tertiary/aromatic N) is 2. The van der Waals surface area contributed by atoms with Crippen LogP contribution in [0.1, 0.15) is 73.7 Å². The lowest BCUT2D eigenvalue weighted by molar-refractivity contribution is -0.162. The van der Waals surface area contributed by atoms with E-state index in [2.05, 4.69) is 21.5 Å². The minimum atomic E-state index is -1.55. The normalized spacial score (nSPS) is 21.4. The van der Waals surface area contributed by atoms with Gasteiger partial charge in [0.15, 0.2) is 5.76 Å². The molecule has 1 aromatic carbocycles. The predicted octanol–water partition coefficient (Wildman–Crippen LogP) is 3.53. The van der Waals surface area contributed by atoms with E-state index in [1.54, 1.807) is 19.9 Å². The maximum Gasteiger partial charge on any atom is 0.359 e. The molecule has 0 amide bonds. The Morgan fingerprint density at radius 1 is 1.18 bits per heavy atom. The quantitative estimate of drug-likeness (QED) is 0.645. The zero-order valence-electron chi connectivity index (χ0n) is 19.5. The van der Waals surface area contributed by atoms with Gasteiger partial charge in [-0.05, 0) is 81.0 Å². The number of carbonyl (C=O) groups is 1. The third-order valence-electron chi connectivity index (χ3n) is 6.72. The molecule has 1 unspecified atom stereocenters. The number of aromatic nitrogens is 1. The zero-order chi connectivity index (χ0) is 23.2. The molecule has 2 aromatic rings.